The molecule has 0 unspecified atom stereocenters. The Morgan fingerprint density at radius 1 is 1.14 bits per heavy atom. The third-order valence-corrected chi connectivity index (χ3v) is 6.20. The van der Waals surface area contributed by atoms with Gasteiger partial charge in [-0.25, -0.2) is 0 Å². The Bertz CT molecular complexity index is 816. The molecule has 4 rings (SSSR count). The van der Waals surface area contributed by atoms with Crippen molar-refractivity contribution >= 4 is 5.91 Å². The van der Waals surface area contributed by atoms with Crippen LogP contribution in [0.1, 0.15) is 61.7 Å². The molecule has 1 saturated heterocycles. The second-order valence-electron chi connectivity index (χ2n) is 8.10. The van der Waals surface area contributed by atoms with Gasteiger partial charge in [0.2, 0.25) is 0 Å². The summed E-state index contributed by atoms with van der Waals surface area (Å²) in [6, 6.07) is 2.38. The number of aryl methyl sites for hydroxylation is 1. The zero-order valence-electron chi connectivity index (χ0n) is 17.2. The van der Waals surface area contributed by atoms with Crippen molar-refractivity contribution in [2.24, 2.45) is 0 Å². The summed E-state index contributed by atoms with van der Waals surface area (Å²) < 4.78 is 4.12. The zero-order valence-corrected chi connectivity index (χ0v) is 17.2. The van der Waals surface area contributed by atoms with E-state index < -0.39 is 0 Å². The molecule has 0 saturated carbocycles. The monoisotopic (exact) mass is 385 g/mol. The number of fused-ring (bicyclic) bond motifs is 1. The molecule has 0 atom stereocenters. The number of hydrogen-bond donors (Lipinski definition) is 0. The first kappa shape index (κ1) is 19.1. The Hall–Kier alpha value is -2.22. The van der Waals surface area contributed by atoms with Crippen LogP contribution < -0.4 is 0 Å². The maximum Gasteiger partial charge on any atom is 0.272 e. The lowest BCUT2D eigenvalue weighted by Gasteiger charge is -2.32. The van der Waals surface area contributed by atoms with Gasteiger partial charge in [-0.1, -0.05) is 0 Å². The number of carbonyl (C=O) groups excluding carboxylic acids is 1. The summed E-state index contributed by atoms with van der Waals surface area (Å²) in [5.41, 5.74) is 0.686. The smallest absolute Gasteiger partial charge is 0.272 e. The van der Waals surface area contributed by atoms with E-state index in [0.717, 1.165) is 63.6 Å². The zero-order chi connectivity index (χ0) is 19.7. The van der Waals surface area contributed by atoms with Gasteiger partial charge in [-0.15, -0.1) is 10.2 Å². The quantitative estimate of drug-likeness (QED) is 0.802. The number of hydrogen-bond acceptors (Lipinski definition) is 5. The van der Waals surface area contributed by atoms with E-state index in [4.69, 9.17) is 0 Å². The van der Waals surface area contributed by atoms with Crippen molar-refractivity contribution in [3.63, 3.8) is 0 Å². The van der Waals surface area contributed by atoms with E-state index in [2.05, 4.69) is 38.6 Å². The highest BCUT2D eigenvalue weighted by Gasteiger charge is 2.30. The fraction of sp³-hybridized carbons (Fsp3) is 0.700. The molecule has 4 heterocycles. The lowest BCUT2D eigenvalue weighted by atomic mass is 9.95. The average molecular weight is 386 g/mol. The lowest BCUT2D eigenvalue weighted by Crippen LogP contribution is -2.39. The normalized spacial score (nSPS) is 19.1. The molecule has 8 nitrogen and oxygen atoms in total. The van der Waals surface area contributed by atoms with Gasteiger partial charge in [0.05, 0.1) is 0 Å². The van der Waals surface area contributed by atoms with Gasteiger partial charge in [-0.3, -0.25) is 14.4 Å². The van der Waals surface area contributed by atoms with Gasteiger partial charge in [0.1, 0.15) is 17.3 Å². The van der Waals surface area contributed by atoms with Crippen molar-refractivity contribution in [1.82, 2.24) is 34.3 Å². The fourth-order valence-electron chi connectivity index (χ4n) is 4.45. The summed E-state index contributed by atoms with van der Waals surface area (Å²) in [6.07, 6.45) is 4.55. The molecule has 2 aromatic rings. The first-order chi connectivity index (χ1) is 13.6. The minimum atomic E-state index is 0.0884. The second-order valence-corrected chi connectivity index (χ2v) is 8.10. The highest BCUT2D eigenvalue weighted by molar-refractivity contribution is 5.92. The van der Waals surface area contributed by atoms with Crippen LogP contribution in [0.25, 0.3) is 0 Å². The van der Waals surface area contributed by atoms with Crippen LogP contribution in [0.4, 0.5) is 0 Å². The summed E-state index contributed by atoms with van der Waals surface area (Å²) in [7, 11) is 0. The van der Waals surface area contributed by atoms with Crippen molar-refractivity contribution in [2.45, 2.75) is 65.1 Å². The Morgan fingerprint density at radius 3 is 2.64 bits per heavy atom. The summed E-state index contributed by atoms with van der Waals surface area (Å²) in [5.74, 6) is 2.70. The number of piperidine rings is 1. The van der Waals surface area contributed by atoms with Crippen LogP contribution in [0.2, 0.25) is 0 Å². The molecule has 0 spiro atoms. The van der Waals surface area contributed by atoms with E-state index in [0.29, 0.717) is 24.2 Å². The average Bonchev–Trinajstić information content (AvgIpc) is 3.29. The van der Waals surface area contributed by atoms with Crippen molar-refractivity contribution in [3.05, 3.63) is 29.6 Å². The van der Waals surface area contributed by atoms with Crippen molar-refractivity contribution in [3.8, 4) is 0 Å². The highest BCUT2D eigenvalue weighted by Crippen LogP contribution is 2.29. The van der Waals surface area contributed by atoms with Crippen LogP contribution in [-0.4, -0.2) is 72.5 Å². The molecular formula is C20H31N7O. The van der Waals surface area contributed by atoms with Gasteiger partial charge in [-0.2, -0.15) is 5.10 Å². The molecule has 0 bridgehead atoms. The molecule has 0 N–H and O–H groups in total. The molecule has 2 aliphatic rings. The van der Waals surface area contributed by atoms with E-state index in [1.807, 2.05) is 17.9 Å². The molecule has 8 heteroatoms. The van der Waals surface area contributed by atoms with Gasteiger partial charge < -0.3 is 9.47 Å². The van der Waals surface area contributed by atoms with E-state index in [9.17, 15) is 4.79 Å². The van der Waals surface area contributed by atoms with Crippen LogP contribution in [0.15, 0.2) is 12.3 Å². The molecule has 2 aromatic heterocycles. The Morgan fingerprint density at radius 2 is 1.93 bits per heavy atom. The first-order valence-corrected chi connectivity index (χ1v) is 10.6. The number of nitrogens with zero attached hydrogens (tertiary/aromatic N) is 7. The maximum atomic E-state index is 12.8. The minimum Gasteiger partial charge on any atom is -0.337 e. The van der Waals surface area contributed by atoms with Crippen LogP contribution >= 0.6 is 0 Å². The maximum absolute atomic E-state index is 12.8. The highest BCUT2D eigenvalue weighted by atomic mass is 16.2. The molecule has 2 aliphatic heterocycles. The van der Waals surface area contributed by atoms with Crippen molar-refractivity contribution in [1.29, 1.82) is 0 Å². The van der Waals surface area contributed by atoms with Gasteiger partial charge in [0.25, 0.3) is 5.91 Å². The molecular weight excluding hydrogens is 354 g/mol. The second kappa shape index (κ2) is 8.03. The third kappa shape index (κ3) is 3.57. The van der Waals surface area contributed by atoms with Crippen molar-refractivity contribution in [2.75, 3.05) is 26.2 Å². The lowest BCUT2D eigenvalue weighted by molar-refractivity contribution is 0.0697. The molecule has 0 aromatic carbocycles. The van der Waals surface area contributed by atoms with Crippen molar-refractivity contribution < 1.29 is 4.79 Å². The Labute approximate surface area is 166 Å². The molecule has 0 radical (unpaired) electrons. The summed E-state index contributed by atoms with van der Waals surface area (Å²) in [6.45, 7) is 11.8. The number of aromatic nitrogens is 5. The van der Waals surface area contributed by atoms with Crippen LogP contribution in [0, 0.1) is 0 Å². The number of likely N-dealkylation sites (tertiary alicyclic amines) is 1. The van der Waals surface area contributed by atoms with Crippen LogP contribution in [-0.2, 0) is 19.5 Å². The Balaban J connectivity index is 1.41. The van der Waals surface area contributed by atoms with E-state index >= 15 is 0 Å². The van der Waals surface area contributed by atoms with Gasteiger partial charge >= 0.3 is 0 Å². The molecule has 1 fully saturated rings. The molecule has 28 heavy (non-hydrogen) atoms. The topological polar surface area (TPSA) is 72.1 Å². The summed E-state index contributed by atoms with van der Waals surface area (Å²) in [5, 5.41) is 13.3. The number of amides is 1. The molecule has 0 aliphatic carbocycles. The standard InChI is InChI=1S/C20H31N7O/c1-4-27-17(5-9-21-27)20(28)25-10-6-16(7-11-25)19-23-22-18-8-12-24(15(2)3)13-14-26(18)19/h5,9,15-16H,4,6-8,10-14H2,1-3H3. The third-order valence-electron chi connectivity index (χ3n) is 6.20. The first-order valence-electron chi connectivity index (χ1n) is 10.6. The predicted octanol–water partition coefficient (Wildman–Crippen LogP) is 1.78. The largest absolute Gasteiger partial charge is 0.337 e. The van der Waals surface area contributed by atoms with Crippen LogP contribution in [0.5, 0.6) is 0 Å². The molecule has 1 amide bonds. The predicted molar refractivity (Wildman–Crippen MR) is 106 cm³/mol. The number of carbonyl (C=O) groups is 1. The number of rotatable bonds is 4. The summed E-state index contributed by atoms with van der Waals surface area (Å²) >= 11 is 0. The van der Waals surface area contributed by atoms with Crippen LogP contribution in [0.3, 0.4) is 0 Å². The van der Waals surface area contributed by atoms with E-state index in [1.54, 1.807) is 10.9 Å². The molecule has 152 valence electrons. The minimum absolute atomic E-state index is 0.0884. The van der Waals surface area contributed by atoms with Gasteiger partial charge in [0, 0.05) is 63.8 Å². The SMILES string of the molecule is CCn1nccc1C(=O)N1CCC(c2nnc3n2CCN(C(C)C)CC3)CC1. The van der Waals surface area contributed by atoms with Gasteiger partial charge in [-0.05, 0) is 39.7 Å². The summed E-state index contributed by atoms with van der Waals surface area (Å²) in [4.78, 5) is 17.3. The van der Waals surface area contributed by atoms with E-state index in [1.165, 1.54) is 0 Å². The Kier molecular flexibility index (Phi) is 5.48. The van der Waals surface area contributed by atoms with Gasteiger partial charge in [0.15, 0.2) is 0 Å². The van der Waals surface area contributed by atoms with E-state index in [-0.39, 0.29) is 5.91 Å². The fourth-order valence-corrected chi connectivity index (χ4v) is 4.45.